The molecule has 0 bridgehead atoms. The molecule has 96 valence electrons. The Morgan fingerprint density at radius 3 is 2.37 bits per heavy atom. The number of benzene rings is 2. The molecule has 19 heavy (non-hydrogen) atoms. The van der Waals surface area contributed by atoms with Crippen molar-refractivity contribution in [2.45, 2.75) is 0 Å². The maximum Gasteiger partial charge on any atom is 0.300 e. The van der Waals surface area contributed by atoms with Crippen LogP contribution >= 0.6 is 0 Å². The molecule has 0 unspecified atom stereocenters. The number of para-hydroxylation sites is 1. The Morgan fingerprint density at radius 1 is 1.00 bits per heavy atom. The van der Waals surface area contributed by atoms with Crippen molar-refractivity contribution in [2.24, 2.45) is 10.2 Å². The van der Waals surface area contributed by atoms with E-state index in [1.807, 2.05) is 0 Å². The summed E-state index contributed by atoms with van der Waals surface area (Å²) in [6.45, 7) is 0. The summed E-state index contributed by atoms with van der Waals surface area (Å²) in [6, 6.07) is 9.75. The average molecular weight is 259 g/mol. The van der Waals surface area contributed by atoms with Crippen LogP contribution in [0, 0.1) is 10.1 Å². The van der Waals surface area contributed by atoms with E-state index in [1.54, 1.807) is 12.1 Å². The maximum atomic E-state index is 10.8. The number of phenols is 2. The van der Waals surface area contributed by atoms with E-state index in [0.717, 1.165) is 6.07 Å². The molecule has 0 aliphatic rings. The van der Waals surface area contributed by atoms with Crippen LogP contribution in [0.25, 0.3) is 0 Å². The zero-order valence-electron chi connectivity index (χ0n) is 9.59. The molecule has 2 aromatic rings. The summed E-state index contributed by atoms with van der Waals surface area (Å²) in [7, 11) is 0. The molecule has 0 spiro atoms. The van der Waals surface area contributed by atoms with Crippen LogP contribution in [0.2, 0.25) is 0 Å². The van der Waals surface area contributed by atoms with Crippen LogP contribution in [-0.2, 0) is 0 Å². The van der Waals surface area contributed by atoms with Crippen molar-refractivity contribution in [2.75, 3.05) is 0 Å². The SMILES string of the molecule is O=[N+]([O-])c1cc(O)ccc1N=Nc1ccccc1O. The van der Waals surface area contributed by atoms with Crippen LogP contribution < -0.4 is 0 Å². The summed E-state index contributed by atoms with van der Waals surface area (Å²) in [5.74, 6) is -0.305. The van der Waals surface area contributed by atoms with Gasteiger partial charge in [-0.3, -0.25) is 10.1 Å². The van der Waals surface area contributed by atoms with Gasteiger partial charge < -0.3 is 10.2 Å². The summed E-state index contributed by atoms with van der Waals surface area (Å²) in [5.41, 5.74) is -0.171. The minimum Gasteiger partial charge on any atom is -0.508 e. The van der Waals surface area contributed by atoms with Crippen molar-refractivity contribution in [3.8, 4) is 11.5 Å². The fourth-order valence-electron chi connectivity index (χ4n) is 1.40. The lowest BCUT2D eigenvalue weighted by Gasteiger charge is -1.98. The van der Waals surface area contributed by atoms with Gasteiger partial charge in [0.15, 0.2) is 5.69 Å². The van der Waals surface area contributed by atoms with Crippen LogP contribution in [0.1, 0.15) is 0 Å². The highest BCUT2D eigenvalue weighted by Gasteiger charge is 2.14. The lowest BCUT2D eigenvalue weighted by molar-refractivity contribution is -0.384. The summed E-state index contributed by atoms with van der Waals surface area (Å²) in [4.78, 5) is 10.1. The van der Waals surface area contributed by atoms with Gasteiger partial charge in [0, 0.05) is 0 Å². The summed E-state index contributed by atoms with van der Waals surface area (Å²) in [5, 5.41) is 36.9. The lowest BCUT2D eigenvalue weighted by atomic mass is 10.2. The number of nitro groups is 1. The maximum absolute atomic E-state index is 10.8. The molecule has 0 amide bonds. The van der Waals surface area contributed by atoms with Gasteiger partial charge in [0.2, 0.25) is 0 Å². The highest BCUT2D eigenvalue weighted by atomic mass is 16.6. The number of azo groups is 1. The molecule has 0 atom stereocenters. The summed E-state index contributed by atoms with van der Waals surface area (Å²) in [6.07, 6.45) is 0. The van der Waals surface area contributed by atoms with Crippen LogP contribution in [0.3, 0.4) is 0 Å². The first-order valence-electron chi connectivity index (χ1n) is 5.25. The van der Waals surface area contributed by atoms with Gasteiger partial charge >= 0.3 is 0 Å². The van der Waals surface area contributed by atoms with E-state index in [9.17, 15) is 20.3 Å². The Labute approximate surface area is 107 Å². The van der Waals surface area contributed by atoms with Crippen molar-refractivity contribution < 1.29 is 15.1 Å². The third-order valence-corrected chi connectivity index (χ3v) is 2.30. The van der Waals surface area contributed by atoms with Crippen molar-refractivity contribution >= 4 is 17.1 Å². The number of hydrogen-bond acceptors (Lipinski definition) is 6. The highest BCUT2D eigenvalue weighted by molar-refractivity contribution is 5.60. The predicted octanol–water partition coefficient (Wildman–Crippen LogP) is 3.42. The van der Waals surface area contributed by atoms with E-state index < -0.39 is 4.92 Å². The first-order chi connectivity index (χ1) is 9.08. The fraction of sp³-hybridized carbons (Fsp3) is 0. The second-order valence-electron chi connectivity index (χ2n) is 3.62. The molecule has 0 aromatic heterocycles. The first kappa shape index (κ1) is 12.5. The average Bonchev–Trinajstić information content (AvgIpc) is 2.38. The Kier molecular flexibility index (Phi) is 3.37. The van der Waals surface area contributed by atoms with Crippen molar-refractivity contribution in [3.05, 3.63) is 52.6 Å². The molecule has 0 heterocycles. The predicted molar refractivity (Wildman–Crippen MR) is 67.0 cm³/mol. The van der Waals surface area contributed by atoms with Crippen LogP contribution in [-0.4, -0.2) is 15.1 Å². The molecule has 0 aliphatic heterocycles. The van der Waals surface area contributed by atoms with Gasteiger partial charge in [-0.1, -0.05) is 12.1 Å². The van der Waals surface area contributed by atoms with Crippen LogP contribution in [0.15, 0.2) is 52.7 Å². The van der Waals surface area contributed by atoms with Gasteiger partial charge in [-0.15, -0.1) is 10.2 Å². The highest BCUT2D eigenvalue weighted by Crippen LogP contribution is 2.33. The molecular formula is C12H9N3O4. The normalized spacial score (nSPS) is 10.7. The van der Waals surface area contributed by atoms with Crippen LogP contribution in [0.4, 0.5) is 17.1 Å². The smallest absolute Gasteiger partial charge is 0.300 e. The largest absolute Gasteiger partial charge is 0.508 e. The second-order valence-corrected chi connectivity index (χ2v) is 3.62. The van der Waals surface area contributed by atoms with E-state index in [1.165, 1.54) is 24.3 Å². The first-order valence-corrected chi connectivity index (χ1v) is 5.25. The van der Waals surface area contributed by atoms with Gasteiger partial charge in [0.1, 0.15) is 17.2 Å². The molecule has 2 rings (SSSR count). The number of rotatable bonds is 3. The van der Waals surface area contributed by atoms with Gasteiger partial charge in [-0.2, -0.15) is 0 Å². The number of aromatic hydroxyl groups is 2. The quantitative estimate of drug-likeness (QED) is 0.500. The summed E-state index contributed by atoms with van der Waals surface area (Å²) < 4.78 is 0. The minimum absolute atomic E-state index is 0.00828. The van der Waals surface area contributed by atoms with Gasteiger partial charge in [-0.05, 0) is 24.3 Å². The number of phenolic OH excluding ortho intramolecular Hbond substituents is 2. The molecule has 0 saturated heterocycles. The molecular weight excluding hydrogens is 250 g/mol. The third-order valence-electron chi connectivity index (χ3n) is 2.30. The molecule has 0 saturated carbocycles. The van der Waals surface area contributed by atoms with Gasteiger partial charge in [0.05, 0.1) is 11.0 Å². The van der Waals surface area contributed by atoms with Crippen LogP contribution in [0.5, 0.6) is 11.5 Å². The Morgan fingerprint density at radius 2 is 1.68 bits per heavy atom. The molecule has 7 nitrogen and oxygen atoms in total. The molecule has 7 heteroatoms. The molecule has 0 fully saturated rings. The van der Waals surface area contributed by atoms with E-state index in [2.05, 4.69) is 10.2 Å². The molecule has 2 N–H and O–H groups in total. The lowest BCUT2D eigenvalue weighted by Crippen LogP contribution is -1.87. The minimum atomic E-state index is -0.668. The third kappa shape index (κ3) is 2.83. The molecule has 0 aliphatic carbocycles. The van der Waals surface area contributed by atoms with E-state index in [-0.39, 0.29) is 28.6 Å². The molecule has 2 aromatic carbocycles. The Balaban J connectivity index is 2.39. The van der Waals surface area contributed by atoms with Crippen molar-refractivity contribution in [1.82, 2.24) is 0 Å². The fourth-order valence-corrected chi connectivity index (χ4v) is 1.40. The topological polar surface area (TPSA) is 108 Å². The van der Waals surface area contributed by atoms with Crippen molar-refractivity contribution in [3.63, 3.8) is 0 Å². The van der Waals surface area contributed by atoms with Gasteiger partial charge in [0.25, 0.3) is 5.69 Å². The monoisotopic (exact) mass is 259 g/mol. The van der Waals surface area contributed by atoms with Crippen molar-refractivity contribution in [1.29, 1.82) is 0 Å². The summed E-state index contributed by atoms with van der Waals surface area (Å²) >= 11 is 0. The second kappa shape index (κ2) is 5.13. The Bertz CT molecular complexity index is 655. The number of hydrogen-bond donors (Lipinski definition) is 2. The van der Waals surface area contributed by atoms with E-state index >= 15 is 0 Å². The number of nitrogens with zero attached hydrogens (tertiary/aromatic N) is 3. The Hall–Kier alpha value is -2.96. The standard InChI is InChI=1S/C12H9N3O4/c16-8-5-6-9(11(7-8)15(18)19)13-14-10-3-1-2-4-12(10)17/h1-7,16-17H. The zero-order chi connectivity index (χ0) is 13.8. The van der Waals surface area contributed by atoms with Gasteiger partial charge in [-0.25, -0.2) is 0 Å². The van der Waals surface area contributed by atoms with E-state index in [0.29, 0.717) is 0 Å². The molecule has 0 radical (unpaired) electrons. The zero-order valence-corrected chi connectivity index (χ0v) is 9.59. The number of nitro benzene ring substituents is 1. The van der Waals surface area contributed by atoms with E-state index in [4.69, 9.17) is 0 Å².